The number of rotatable bonds is 9. The molecule has 11 nitrogen and oxygen atoms in total. The molecule has 0 saturated carbocycles. The lowest BCUT2D eigenvalue weighted by Gasteiger charge is -2.26. The minimum atomic E-state index is -0.874. The van der Waals surface area contributed by atoms with Gasteiger partial charge in [-0.05, 0) is 54.5 Å². The molecule has 1 atom stereocenters. The summed E-state index contributed by atoms with van der Waals surface area (Å²) in [6.07, 6.45) is 1.74. The Bertz CT molecular complexity index is 2260. The number of nitrogens with zero attached hydrogens (tertiary/aromatic N) is 3. The van der Waals surface area contributed by atoms with Crippen molar-refractivity contribution in [1.82, 2.24) is 4.57 Å². The molecule has 0 amide bonds. The van der Waals surface area contributed by atoms with Gasteiger partial charge in [0.25, 0.3) is 11.2 Å². The Morgan fingerprint density at radius 3 is 2.54 bits per heavy atom. The molecule has 0 saturated heterocycles. The van der Waals surface area contributed by atoms with Crippen LogP contribution in [0.25, 0.3) is 11.8 Å². The summed E-state index contributed by atoms with van der Waals surface area (Å²) in [6.45, 7) is 2.10. The van der Waals surface area contributed by atoms with Crippen molar-refractivity contribution in [2.24, 2.45) is 4.99 Å². The molecule has 2 aliphatic heterocycles. The largest absolute Gasteiger partial charge is 0.488 e. The van der Waals surface area contributed by atoms with Gasteiger partial charge in [-0.15, -0.1) is 0 Å². The first-order chi connectivity index (χ1) is 23.4. The number of nitro benzene ring substituents is 1. The van der Waals surface area contributed by atoms with Crippen LogP contribution in [0.1, 0.15) is 35.2 Å². The van der Waals surface area contributed by atoms with E-state index in [1.807, 2.05) is 54.6 Å². The van der Waals surface area contributed by atoms with Crippen molar-refractivity contribution in [3.8, 4) is 17.2 Å². The second kappa shape index (κ2) is 13.0. The molecular formula is C36H27N3O8S. The van der Waals surface area contributed by atoms with Crippen molar-refractivity contribution in [3.63, 3.8) is 0 Å². The summed E-state index contributed by atoms with van der Waals surface area (Å²) in [4.78, 5) is 44.0. The van der Waals surface area contributed by atoms with Crippen molar-refractivity contribution in [3.05, 3.63) is 155 Å². The van der Waals surface area contributed by atoms with E-state index in [1.165, 1.54) is 28.0 Å². The molecule has 2 aliphatic rings. The molecule has 0 N–H and O–H groups in total. The maximum absolute atomic E-state index is 14.3. The number of hydrogen-bond donors (Lipinski definition) is 0. The lowest BCUT2D eigenvalue weighted by Crippen LogP contribution is -2.40. The van der Waals surface area contributed by atoms with Gasteiger partial charge >= 0.3 is 5.97 Å². The van der Waals surface area contributed by atoms with Crippen LogP contribution in [0.15, 0.2) is 112 Å². The summed E-state index contributed by atoms with van der Waals surface area (Å²) in [7, 11) is 0. The number of non-ortho nitro benzene ring substituents is 1. The highest BCUT2D eigenvalue weighted by Crippen LogP contribution is 2.40. The van der Waals surface area contributed by atoms with Crippen molar-refractivity contribution in [2.45, 2.75) is 19.6 Å². The van der Waals surface area contributed by atoms with Gasteiger partial charge in [-0.25, -0.2) is 9.79 Å². The Balaban J connectivity index is 1.36. The lowest BCUT2D eigenvalue weighted by atomic mass is 9.93. The van der Waals surface area contributed by atoms with E-state index >= 15 is 0 Å². The minimum absolute atomic E-state index is 0.00453. The summed E-state index contributed by atoms with van der Waals surface area (Å²) >= 11 is 1.20. The number of aromatic nitrogens is 1. The average molecular weight is 662 g/mol. The highest BCUT2D eigenvalue weighted by molar-refractivity contribution is 7.07. The van der Waals surface area contributed by atoms with Gasteiger partial charge in [0.1, 0.15) is 12.4 Å². The number of esters is 1. The fourth-order valence-electron chi connectivity index (χ4n) is 5.59. The molecule has 4 aromatic carbocycles. The molecule has 7 rings (SSSR count). The first-order valence-corrected chi connectivity index (χ1v) is 15.9. The SMILES string of the molecule is CCOC(=O)C1=C(c2ccccc2)N=c2s/c(=C/c3ccccc3OCc3ccc([N+](=O)[O-])cc3)c(=O)n2[C@@H]1c1ccc2c(c1)OCO2. The standard InChI is InChI=1S/C36H27N3O8S/c1-2-44-35(41)31-32(23-8-4-3-5-9-23)37-36-38(33(31)25-14-17-28-29(18-25)47-21-46-28)34(40)30(48-36)19-24-10-6-7-11-27(24)45-20-22-12-15-26(16-13-22)39(42)43/h3-19,33H,2,20-21H2,1H3/b30-19+/t33-/m1/s1. The molecule has 3 heterocycles. The van der Waals surface area contributed by atoms with Crippen LogP contribution in [-0.2, 0) is 16.1 Å². The smallest absolute Gasteiger partial charge is 0.338 e. The predicted molar refractivity (Wildman–Crippen MR) is 177 cm³/mol. The molecule has 0 bridgehead atoms. The average Bonchev–Trinajstić information content (AvgIpc) is 3.71. The van der Waals surface area contributed by atoms with Crippen molar-refractivity contribution >= 4 is 34.8 Å². The third-order valence-corrected chi connectivity index (χ3v) is 8.82. The van der Waals surface area contributed by atoms with Crippen LogP contribution < -0.4 is 29.1 Å². The topological polar surface area (TPSA) is 131 Å². The Kier molecular flexibility index (Phi) is 8.30. The lowest BCUT2D eigenvalue weighted by molar-refractivity contribution is -0.384. The van der Waals surface area contributed by atoms with Gasteiger partial charge < -0.3 is 18.9 Å². The number of carbonyl (C=O) groups excluding carboxylic acids is 1. The number of fused-ring (bicyclic) bond motifs is 2. The number of carbonyl (C=O) groups is 1. The third-order valence-electron chi connectivity index (χ3n) is 7.83. The molecule has 48 heavy (non-hydrogen) atoms. The zero-order valence-corrected chi connectivity index (χ0v) is 26.3. The molecule has 0 spiro atoms. The Morgan fingerprint density at radius 2 is 1.77 bits per heavy atom. The number of para-hydroxylation sites is 1. The molecular weight excluding hydrogens is 634 g/mol. The summed E-state index contributed by atoms with van der Waals surface area (Å²) in [5.41, 5.74) is 3.02. The minimum Gasteiger partial charge on any atom is -0.488 e. The molecule has 12 heteroatoms. The van der Waals surface area contributed by atoms with E-state index < -0.39 is 16.9 Å². The van der Waals surface area contributed by atoms with Gasteiger partial charge in [0.15, 0.2) is 16.3 Å². The normalized spacial score (nSPS) is 15.1. The van der Waals surface area contributed by atoms with E-state index in [4.69, 9.17) is 23.9 Å². The Hall–Kier alpha value is -6.01. The van der Waals surface area contributed by atoms with Gasteiger partial charge in [-0.3, -0.25) is 19.5 Å². The van der Waals surface area contributed by atoms with Crippen LogP contribution in [0.5, 0.6) is 17.2 Å². The third kappa shape index (κ3) is 5.84. The van der Waals surface area contributed by atoms with E-state index in [0.29, 0.717) is 49.0 Å². The second-order valence-corrected chi connectivity index (χ2v) is 11.8. The molecule has 0 unspecified atom stereocenters. The van der Waals surface area contributed by atoms with Gasteiger partial charge in [0.2, 0.25) is 6.79 Å². The molecule has 0 aliphatic carbocycles. The number of nitro groups is 1. The summed E-state index contributed by atoms with van der Waals surface area (Å²) < 4.78 is 24.7. The zero-order chi connectivity index (χ0) is 33.2. The van der Waals surface area contributed by atoms with E-state index in [-0.39, 0.29) is 36.8 Å². The second-order valence-electron chi connectivity index (χ2n) is 10.8. The highest BCUT2D eigenvalue weighted by Gasteiger charge is 2.36. The first-order valence-electron chi connectivity index (χ1n) is 15.0. The maximum Gasteiger partial charge on any atom is 0.338 e. The number of hydrogen-bond acceptors (Lipinski definition) is 10. The fourth-order valence-corrected chi connectivity index (χ4v) is 6.58. The molecule has 1 aromatic heterocycles. The quantitative estimate of drug-likeness (QED) is 0.120. The van der Waals surface area contributed by atoms with Gasteiger partial charge in [0.05, 0.1) is 33.4 Å². The predicted octanol–water partition coefficient (Wildman–Crippen LogP) is 5.15. The van der Waals surface area contributed by atoms with Crippen LogP contribution in [0.4, 0.5) is 5.69 Å². The van der Waals surface area contributed by atoms with Crippen molar-refractivity contribution < 1.29 is 28.7 Å². The van der Waals surface area contributed by atoms with Crippen LogP contribution in [-0.4, -0.2) is 28.9 Å². The summed E-state index contributed by atoms with van der Waals surface area (Å²) in [5.74, 6) is 1.02. The Morgan fingerprint density at radius 1 is 1.02 bits per heavy atom. The number of benzene rings is 4. The van der Waals surface area contributed by atoms with Crippen LogP contribution in [0.2, 0.25) is 0 Å². The summed E-state index contributed by atoms with van der Waals surface area (Å²) in [6, 6.07) is 27.2. The summed E-state index contributed by atoms with van der Waals surface area (Å²) in [5, 5.41) is 11.0. The van der Waals surface area contributed by atoms with Gasteiger partial charge in [-0.2, -0.15) is 0 Å². The Labute approximate surface area is 277 Å². The molecule has 0 fully saturated rings. The molecule has 5 aromatic rings. The molecule has 0 radical (unpaired) electrons. The monoisotopic (exact) mass is 661 g/mol. The first kappa shape index (κ1) is 30.6. The number of ether oxygens (including phenoxy) is 4. The number of thiazole rings is 1. The zero-order valence-electron chi connectivity index (χ0n) is 25.5. The van der Waals surface area contributed by atoms with Crippen LogP contribution >= 0.6 is 11.3 Å². The van der Waals surface area contributed by atoms with Crippen molar-refractivity contribution in [1.29, 1.82) is 0 Å². The van der Waals surface area contributed by atoms with Gasteiger partial charge in [-0.1, -0.05) is 65.9 Å². The van der Waals surface area contributed by atoms with Crippen LogP contribution in [0.3, 0.4) is 0 Å². The van der Waals surface area contributed by atoms with E-state index in [2.05, 4.69) is 0 Å². The van der Waals surface area contributed by atoms with Crippen molar-refractivity contribution in [2.75, 3.05) is 13.4 Å². The van der Waals surface area contributed by atoms with E-state index in [0.717, 1.165) is 5.56 Å². The highest BCUT2D eigenvalue weighted by atomic mass is 32.1. The van der Waals surface area contributed by atoms with E-state index in [9.17, 15) is 19.7 Å². The molecule has 240 valence electrons. The maximum atomic E-state index is 14.3. The van der Waals surface area contributed by atoms with E-state index in [1.54, 1.807) is 43.3 Å². The van der Waals surface area contributed by atoms with Crippen LogP contribution in [0, 0.1) is 10.1 Å². The fraction of sp³-hybridized carbons (Fsp3) is 0.139. The van der Waals surface area contributed by atoms with Gasteiger partial charge in [0, 0.05) is 23.3 Å².